The smallest absolute Gasteiger partial charge is 0.242 e. The van der Waals surface area contributed by atoms with E-state index in [0.29, 0.717) is 18.5 Å². The monoisotopic (exact) mass is 456 g/mol. The second-order valence-corrected chi connectivity index (χ2v) is 7.57. The number of guanidine groups is 1. The van der Waals surface area contributed by atoms with Crippen molar-refractivity contribution in [2.45, 2.75) is 33.2 Å². The summed E-state index contributed by atoms with van der Waals surface area (Å²) in [6.45, 7) is 8.35. The first-order valence-corrected chi connectivity index (χ1v) is 8.79. The standard InChI is InChI=1S/C19H28N4O.HI/c1-19(2)9-11-23(14-19)18(20-3)21-12-17(24)22-10-8-15-6-4-5-7-16(15)13-22;/h4-7H,8-14H2,1-3H3,(H,20,21);1H. The zero-order valence-electron chi connectivity index (χ0n) is 15.4. The second kappa shape index (κ2) is 8.38. The van der Waals surface area contributed by atoms with E-state index in [4.69, 9.17) is 0 Å². The van der Waals surface area contributed by atoms with E-state index in [1.807, 2.05) is 11.0 Å². The Labute approximate surface area is 167 Å². The van der Waals surface area contributed by atoms with Gasteiger partial charge in [0.15, 0.2) is 5.96 Å². The van der Waals surface area contributed by atoms with Crippen LogP contribution in [0.15, 0.2) is 29.3 Å². The molecule has 0 radical (unpaired) electrons. The average Bonchev–Trinajstić information content (AvgIpc) is 2.94. The first-order chi connectivity index (χ1) is 11.5. The number of likely N-dealkylation sites (tertiary alicyclic amines) is 1. The van der Waals surface area contributed by atoms with Crippen LogP contribution in [0.25, 0.3) is 0 Å². The first kappa shape index (κ1) is 20.0. The molecule has 0 atom stereocenters. The van der Waals surface area contributed by atoms with Crippen molar-refractivity contribution in [2.75, 3.05) is 33.2 Å². The highest BCUT2D eigenvalue weighted by atomic mass is 127. The van der Waals surface area contributed by atoms with Gasteiger partial charge in [-0.25, -0.2) is 0 Å². The van der Waals surface area contributed by atoms with Gasteiger partial charge in [0.2, 0.25) is 5.91 Å². The van der Waals surface area contributed by atoms with Crippen molar-refractivity contribution in [3.05, 3.63) is 35.4 Å². The Bertz CT molecular complexity index is 644. The summed E-state index contributed by atoms with van der Waals surface area (Å²) in [5.74, 6) is 0.982. The molecule has 0 bridgehead atoms. The molecule has 1 amide bonds. The van der Waals surface area contributed by atoms with E-state index in [1.54, 1.807) is 7.05 Å². The minimum atomic E-state index is 0. The molecule has 5 nitrogen and oxygen atoms in total. The number of amides is 1. The molecule has 1 saturated heterocycles. The molecule has 0 aliphatic carbocycles. The zero-order chi connectivity index (χ0) is 17.2. The molecule has 2 aliphatic rings. The third-order valence-corrected chi connectivity index (χ3v) is 5.07. The van der Waals surface area contributed by atoms with E-state index in [0.717, 1.165) is 38.4 Å². The third kappa shape index (κ3) is 4.86. The van der Waals surface area contributed by atoms with Crippen molar-refractivity contribution >= 4 is 35.8 Å². The van der Waals surface area contributed by atoms with Gasteiger partial charge in [0.1, 0.15) is 0 Å². The number of halogens is 1. The molecule has 0 aromatic heterocycles. The van der Waals surface area contributed by atoms with Gasteiger partial charge in [-0.15, -0.1) is 24.0 Å². The maximum absolute atomic E-state index is 12.6. The number of carbonyl (C=O) groups excluding carboxylic acids is 1. The number of carbonyl (C=O) groups is 1. The quantitative estimate of drug-likeness (QED) is 0.423. The van der Waals surface area contributed by atoms with Crippen LogP contribution in [0, 0.1) is 5.41 Å². The lowest BCUT2D eigenvalue weighted by atomic mass is 9.93. The maximum atomic E-state index is 12.6. The highest BCUT2D eigenvalue weighted by Gasteiger charge is 2.31. The van der Waals surface area contributed by atoms with Crippen LogP contribution in [-0.4, -0.2) is 54.9 Å². The highest BCUT2D eigenvalue weighted by Crippen LogP contribution is 2.28. The Hall–Kier alpha value is -1.31. The topological polar surface area (TPSA) is 47.9 Å². The molecule has 25 heavy (non-hydrogen) atoms. The summed E-state index contributed by atoms with van der Waals surface area (Å²) in [7, 11) is 1.79. The molecule has 1 N–H and O–H groups in total. The molecular formula is C19H29IN4O. The van der Waals surface area contributed by atoms with Gasteiger partial charge in [0.05, 0.1) is 6.54 Å². The summed E-state index contributed by atoms with van der Waals surface area (Å²) >= 11 is 0. The molecule has 1 fully saturated rings. The van der Waals surface area contributed by atoms with Gasteiger partial charge in [0, 0.05) is 33.2 Å². The number of aliphatic imine (C=N–C) groups is 1. The number of hydrogen-bond donors (Lipinski definition) is 1. The lowest BCUT2D eigenvalue weighted by Crippen LogP contribution is -2.47. The summed E-state index contributed by atoms with van der Waals surface area (Å²) in [5, 5.41) is 3.25. The van der Waals surface area contributed by atoms with Crippen molar-refractivity contribution in [1.29, 1.82) is 0 Å². The summed E-state index contributed by atoms with van der Waals surface area (Å²) in [6, 6.07) is 8.39. The summed E-state index contributed by atoms with van der Waals surface area (Å²) in [5.41, 5.74) is 2.95. The van der Waals surface area contributed by atoms with E-state index < -0.39 is 0 Å². The van der Waals surface area contributed by atoms with Crippen LogP contribution in [0.1, 0.15) is 31.4 Å². The van der Waals surface area contributed by atoms with Crippen molar-refractivity contribution in [3.8, 4) is 0 Å². The Morgan fingerprint density at radius 3 is 2.56 bits per heavy atom. The maximum Gasteiger partial charge on any atom is 0.242 e. The zero-order valence-corrected chi connectivity index (χ0v) is 17.7. The number of benzene rings is 1. The van der Waals surface area contributed by atoms with Crippen LogP contribution >= 0.6 is 24.0 Å². The Morgan fingerprint density at radius 2 is 1.92 bits per heavy atom. The van der Waals surface area contributed by atoms with Crippen LogP contribution in [0.5, 0.6) is 0 Å². The fourth-order valence-electron chi connectivity index (χ4n) is 3.60. The molecule has 3 rings (SSSR count). The van der Waals surface area contributed by atoms with Crippen LogP contribution < -0.4 is 5.32 Å². The van der Waals surface area contributed by atoms with Crippen LogP contribution in [0.3, 0.4) is 0 Å². The number of nitrogens with one attached hydrogen (secondary N) is 1. The summed E-state index contributed by atoms with van der Waals surface area (Å²) in [4.78, 5) is 21.1. The second-order valence-electron chi connectivity index (χ2n) is 7.57. The van der Waals surface area contributed by atoms with Crippen LogP contribution in [-0.2, 0) is 17.8 Å². The minimum Gasteiger partial charge on any atom is -0.347 e. The number of rotatable bonds is 2. The van der Waals surface area contributed by atoms with Crippen molar-refractivity contribution in [2.24, 2.45) is 10.4 Å². The lowest BCUT2D eigenvalue weighted by molar-refractivity contribution is -0.130. The first-order valence-electron chi connectivity index (χ1n) is 8.79. The number of nitrogens with zero attached hydrogens (tertiary/aromatic N) is 3. The van der Waals surface area contributed by atoms with Crippen LogP contribution in [0.4, 0.5) is 0 Å². The summed E-state index contributed by atoms with van der Waals surface area (Å²) in [6.07, 6.45) is 2.10. The highest BCUT2D eigenvalue weighted by molar-refractivity contribution is 14.0. The molecule has 138 valence electrons. The van der Waals surface area contributed by atoms with Gasteiger partial charge in [-0.1, -0.05) is 38.1 Å². The van der Waals surface area contributed by atoms with Crippen molar-refractivity contribution in [1.82, 2.24) is 15.1 Å². The molecule has 2 heterocycles. The molecular weight excluding hydrogens is 427 g/mol. The molecule has 0 saturated carbocycles. The molecule has 2 aliphatic heterocycles. The average molecular weight is 456 g/mol. The Balaban J connectivity index is 0.00000225. The molecule has 6 heteroatoms. The molecule has 0 unspecified atom stereocenters. The van der Waals surface area contributed by atoms with E-state index in [2.05, 4.69) is 47.3 Å². The number of fused-ring (bicyclic) bond motifs is 1. The number of hydrogen-bond acceptors (Lipinski definition) is 2. The molecule has 1 aromatic rings. The predicted octanol–water partition coefficient (Wildman–Crippen LogP) is 2.50. The fourth-order valence-corrected chi connectivity index (χ4v) is 3.60. The SMILES string of the molecule is CN=C(NCC(=O)N1CCc2ccccc2C1)N1CCC(C)(C)C1.I. The van der Waals surface area contributed by atoms with Gasteiger partial charge in [-0.3, -0.25) is 9.79 Å². The third-order valence-electron chi connectivity index (χ3n) is 5.07. The van der Waals surface area contributed by atoms with Gasteiger partial charge in [-0.2, -0.15) is 0 Å². The van der Waals surface area contributed by atoms with Crippen LogP contribution in [0.2, 0.25) is 0 Å². The van der Waals surface area contributed by atoms with E-state index in [1.165, 1.54) is 11.1 Å². The Morgan fingerprint density at radius 1 is 1.20 bits per heavy atom. The van der Waals surface area contributed by atoms with Gasteiger partial charge < -0.3 is 15.1 Å². The minimum absolute atomic E-state index is 0. The lowest BCUT2D eigenvalue weighted by Gasteiger charge is -2.30. The van der Waals surface area contributed by atoms with E-state index in [9.17, 15) is 4.79 Å². The van der Waals surface area contributed by atoms with E-state index >= 15 is 0 Å². The molecule has 0 spiro atoms. The van der Waals surface area contributed by atoms with Crippen molar-refractivity contribution < 1.29 is 4.79 Å². The summed E-state index contributed by atoms with van der Waals surface area (Å²) < 4.78 is 0. The van der Waals surface area contributed by atoms with Gasteiger partial charge in [-0.05, 0) is 29.4 Å². The fraction of sp³-hybridized carbons (Fsp3) is 0.579. The van der Waals surface area contributed by atoms with Gasteiger partial charge >= 0.3 is 0 Å². The molecule has 1 aromatic carbocycles. The largest absolute Gasteiger partial charge is 0.347 e. The predicted molar refractivity (Wildman–Crippen MR) is 112 cm³/mol. The van der Waals surface area contributed by atoms with Gasteiger partial charge in [0.25, 0.3) is 0 Å². The Kier molecular flexibility index (Phi) is 6.71. The normalized spacial score (nSPS) is 19.2. The van der Waals surface area contributed by atoms with Crippen molar-refractivity contribution in [3.63, 3.8) is 0 Å². The van der Waals surface area contributed by atoms with E-state index in [-0.39, 0.29) is 29.9 Å².